The highest BCUT2D eigenvalue weighted by atomic mass is 16.5. The summed E-state index contributed by atoms with van der Waals surface area (Å²) in [6.45, 7) is 0.932. The van der Waals surface area contributed by atoms with Gasteiger partial charge < -0.3 is 15.0 Å². The van der Waals surface area contributed by atoms with E-state index < -0.39 is 11.5 Å². The Hall–Kier alpha value is -2.73. The van der Waals surface area contributed by atoms with Crippen LogP contribution in [0.15, 0.2) is 48.7 Å². The maximum absolute atomic E-state index is 13.6. The first kappa shape index (κ1) is 19.6. The molecule has 2 amide bonds. The molecule has 0 radical (unpaired) electrons. The van der Waals surface area contributed by atoms with E-state index in [4.69, 9.17) is 4.74 Å². The molecule has 2 aliphatic rings. The molecule has 152 valence electrons. The number of pyridine rings is 1. The molecule has 1 aliphatic carbocycles. The van der Waals surface area contributed by atoms with Crippen molar-refractivity contribution >= 4 is 17.6 Å². The van der Waals surface area contributed by atoms with Crippen molar-refractivity contribution < 1.29 is 14.3 Å². The summed E-state index contributed by atoms with van der Waals surface area (Å²) in [6.07, 6.45) is 6.44. The molecule has 0 unspecified atom stereocenters. The van der Waals surface area contributed by atoms with Crippen LogP contribution >= 0.6 is 0 Å². The maximum atomic E-state index is 13.6. The molecule has 0 bridgehead atoms. The Labute approximate surface area is 171 Å². The summed E-state index contributed by atoms with van der Waals surface area (Å²) in [5.41, 5.74) is 0.906. The smallest absolute Gasteiger partial charge is 0.254 e. The fraction of sp³-hybridized carbons (Fsp3) is 0.435. The van der Waals surface area contributed by atoms with Gasteiger partial charge in [0.05, 0.1) is 18.1 Å². The zero-order valence-electron chi connectivity index (χ0n) is 16.8. The number of anilines is 1. The molecule has 1 aliphatic heterocycles. The molecule has 1 aromatic heterocycles. The Morgan fingerprint density at radius 2 is 1.93 bits per heavy atom. The molecule has 6 heteroatoms. The second kappa shape index (κ2) is 8.33. The number of rotatable bonds is 5. The number of fused-ring (bicyclic) bond motifs is 1. The molecule has 1 saturated carbocycles. The van der Waals surface area contributed by atoms with Crippen LogP contribution in [0.5, 0.6) is 0 Å². The number of carbonyl (C=O) groups excluding carboxylic acids is 2. The van der Waals surface area contributed by atoms with Gasteiger partial charge in [0.15, 0.2) is 0 Å². The lowest BCUT2D eigenvalue weighted by molar-refractivity contribution is -0.122. The summed E-state index contributed by atoms with van der Waals surface area (Å²) in [4.78, 5) is 33.2. The van der Waals surface area contributed by atoms with Crippen molar-refractivity contribution in [1.82, 2.24) is 9.88 Å². The van der Waals surface area contributed by atoms with Crippen LogP contribution in [-0.2, 0) is 9.53 Å². The van der Waals surface area contributed by atoms with Gasteiger partial charge in [-0.05, 0) is 36.6 Å². The quantitative estimate of drug-likeness (QED) is 0.842. The minimum absolute atomic E-state index is 0.00133. The molecule has 2 aromatic rings. The molecule has 1 aromatic carbocycles. The van der Waals surface area contributed by atoms with Crippen molar-refractivity contribution in [2.24, 2.45) is 0 Å². The zero-order chi connectivity index (χ0) is 20.3. The van der Waals surface area contributed by atoms with Crippen LogP contribution in [0.4, 0.5) is 5.82 Å². The Kier molecular flexibility index (Phi) is 5.62. The lowest BCUT2D eigenvalue weighted by atomic mass is 9.65. The van der Waals surface area contributed by atoms with Crippen molar-refractivity contribution in [2.45, 2.75) is 43.6 Å². The fourth-order valence-corrected chi connectivity index (χ4v) is 4.99. The first-order chi connectivity index (χ1) is 14.2. The van der Waals surface area contributed by atoms with E-state index >= 15 is 0 Å². The number of hydrogen-bond donors (Lipinski definition) is 1. The highest BCUT2D eigenvalue weighted by Crippen LogP contribution is 2.49. The average molecular weight is 393 g/mol. The van der Waals surface area contributed by atoms with E-state index in [0.717, 1.165) is 37.7 Å². The molecule has 6 nitrogen and oxygen atoms in total. The number of nitrogens with zero attached hydrogens (tertiary/aromatic N) is 2. The minimum atomic E-state index is -0.527. The Morgan fingerprint density at radius 1 is 1.17 bits per heavy atom. The predicted octanol–water partition coefficient (Wildman–Crippen LogP) is 3.61. The van der Waals surface area contributed by atoms with Gasteiger partial charge in [0, 0.05) is 25.4 Å². The van der Waals surface area contributed by atoms with E-state index in [0.29, 0.717) is 24.5 Å². The van der Waals surface area contributed by atoms with Crippen molar-refractivity contribution in [2.75, 3.05) is 25.6 Å². The molecule has 1 fully saturated rings. The third-order valence-corrected chi connectivity index (χ3v) is 6.24. The third kappa shape index (κ3) is 3.53. The fourth-order valence-electron chi connectivity index (χ4n) is 4.99. The van der Waals surface area contributed by atoms with Crippen LogP contribution in [0, 0.1) is 0 Å². The molecule has 1 atom stereocenters. The van der Waals surface area contributed by atoms with Gasteiger partial charge in [-0.3, -0.25) is 9.59 Å². The summed E-state index contributed by atoms with van der Waals surface area (Å²) < 4.78 is 5.30. The molecule has 4 rings (SSSR count). The molecule has 29 heavy (non-hydrogen) atoms. The normalized spacial score (nSPS) is 20.4. The summed E-state index contributed by atoms with van der Waals surface area (Å²) in [5, 5.41) is 3.00. The van der Waals surface area contributed by atoms with E-state index in [9.17, 15) is 9.59 Å². The molecule has 1 spiro atoms. The molecule has 0 saturated heterocycles. The van der Waals surface area contributed by atoms with E-state index in [1.807, 2.05) is 41.3 Å². The predicted molar refractivity (Wildman–Crippen MR) is 111 cm³/mol. The number of aromatic nitrogens is 1. The van der Waals surface area contributed by atoms with Gasteiger partial charge in [0.2, 0.25) is 5.91 Å². The zero-order valence-corrected chi connectivity index (χ0v) is 16.8. The average Bonchev–Trinajstić information content (AvgIpc) is 2.75. The second-order valence-electron chi connectivity index (χ2n) is 7.84. The third-order valence-electron chi connectivity index (χ3n) is 6.24. The first-order valence-corrected chi connectivity index (χ1v) is 10.3. The number of methoxy groups -OCH3 is 1. The summed E-state index contributed by atoms with van der Waals surface area (Å²) in [6, 6.07) is 13.0. The first-order valence-electron chi connectivity index (χ1n) is 10.3. The molecule has 2 heterocycles. The number of amides is 2. The van der Waals surface area contributed by atoms with Gasteiger partial charge >= 0.3 is 0 Å². The van der Waals surface area contributed by atoms with E-state index in [2.05, 4.69) is 10.3 Å². The van der Waals surface area contributed by atoms with Gasteiger partial charge in [-0.15, -0.1) is 0 Å². The van der Waals surface area contributed by atoms with Crippen LogP contribution in [0.1, 0.15) is 53.9 Å². The number of nitrogens with one attached hydrogen (secondary N) is 1. The van der Waals surface area contributed by atoms with E-state index in [1.54, 1.807) is 19.4 Å². The largest absolute Gasteiger partial charge is 0.383 e. The number of ether oxygens (including phenoxy) is 1. The number of benzene rings is 1. The van der Waals surface area contributed by atoms with E-state index in [-0.39, 0.29) is 11.8 Å². The Morgan fingerprint density at radius 3 is 2.66 bits per heavy atom. The number of hydrogen-bond acceptors (Lipinski definition) is 4. The second-order valence-corrected chi connectivity index (χ2v) is 7.84. The summed E-state index contributed by atoms with van der Waals surface area (Å²) in [7, 11) is 1.64. The molecule has 1 N–H and O–H groups in total. The van der Waals surface area contributed by atoms with E-state index in [1.165, 1.54) is 0 Å². The summed E-state index contributed by atoms with van der Waals surface area (Å²) in [5.74, 6) is -0.00810. The highest BCUT2D eigenvalue weighted by Gasteiger charge is 2.54. The topological polar surface area (TPSA) is 71.5 Å². The highest BCUT2D eigenvalue weighted by molar-refractivity contribution is 6.04. The van der Waals surface area contributed by atoms with Gasteiger partial charge in [0.25, 0.3) is 5.91 Å². The standard InChI is InChI=1S/C23H27N3O3/c1-29-16-15-26-22(28)18-10-4-3-9-17(18)20(23(26)12-6-2-7-13-23)21(27)25-19-11-5-8-14-24-19/h3-5,8-11,14,20H,2,6-7,12-13,15-16H2,1H3,(H,24,25,27)/t20-/m1/s1. The Balaban J connectivity index is 1.80. The van der Waals surface area contributed by atoms with Gasteiger partial charge in [0.1, 0.15) is 5.82 Å². The molecular weight excluding hydrogens is 366 g/mol. The van der Waals surface area contributed by atoms with Gasteiger partial charge in [-0.25, -0.2) is 4.98 Å². The molecular formula is C23H27N3O3. The SMILES string of the molecule is COCCN1C(=O)c2ccccc2[C@H](C(=O)Nc2ccccn2)C12CCCCC2. The van der Waals surface area contributed by atoms with Crippen molar-refractivity contribution in [3.8, 4) is 0 Å². The minimum Gasteiger partial charge on any atom is -0.383 e. The lowest BCUT2D eigenvalue weighted by Crippen LogP contribution is -2.62. The van der Waals surface area contributed by atoms with Crippen LogP contribution in [-0.4, -0.2) is 47.5 Å². The van der Waals surface area contributed by atoms with Crippen LogP contribution in [0.2, 0.25) is 0 Å². The number of carbonyl (C=O) groups is 2. The van der Waals surface area contributed by atoms with Crippen molar-refractivity contribution in [3.05, 3.63) is 59.8 Å². The summed E-state index contributed by atoms with van der Waals surface area (Å²) >= 11 is 0. The monoisotopic (exact) mass is 393 g/mol. The van der Waals surface area contributed by atoms with Gasteiger partial charge in [-0.1, -0.05) is 43.5 Å². The van der Waals surface area contributed by atoms with Crippen molar-refractivity contribution in [3.63, 3.8) is 0 Å². The van der Waals surface area contributed by atoms with Crippen LogP contribution in [0.3, 0.4) is 0 Å². The van der Waals surface area contributed by atoms with Crippen LogP contribution < -0.4 is 5.32 Å². The lowest BCUT2D eigenvalue weighted by Gasteiger charge is -2.53. The van der Waals surface area contributed by atoms with Crippen LogP contribution in [0.25, 0.3) is 0 Å². The van der Waals surface area contributed by atoms with Crippen molar-refractivity contribution in [1.29, 1.82) is 0 Å². The van der Waals surface area contributed by atoms with Gasteiger partial charge in [-0.2, -0.15) is 0 Å². The Bertz CT molecular complexity index is 878. The maximum Gasteiger partial charge on any atom is 0.254 e.